The largest absolute Gasteiger partial charge is 0.507 e. The highest BCUT2D eigenvalue weighted by Gasteiger charge is 2.16. The molecule has 0 saturated carbocycles. The van der Waals surface area contributed by atoms with Crippen molar-refractivity contribution < 1.29 is 19.0 Å². The van der Waals surface area contributed by atoms with Gasteiger partial charge in [0, 0.05) is 0 Å². The quantitative estimate of drug-likeness (QED) is 0.750. The number of benzene rings is 1. The lowest BCUT2D eigenvalue weighted by molar-refractivity contribution is 0.0520. The SMILES string of the molecule is CCOC(=O)c1cc(O)c(C#N)cc1F. The summed E-state index contributed by atoms with van der Waals surface area (Å²) in [6.45, 7) is 1.69. The van der Waals surface area contributed by atoms with E-state index in [1.165, 1.54) is 0 Å². The third-order valence-corrected chi connectivity index (χ3v) is 1.70. The summed E-state index contributed by atoms with van der Waals surface area (Å²) in [5.41, 5.74) is -0.603. The van der Waals surface area contributed by atoms with Crippen molar-refractivity contribution in [3.8, 4) is 11.8 Å². The summed E-state index contributed by atoms with van der Waals surface area (Å²) < 4.78 is 17.8. The van der Waals surface area contributed by atoms with Crippen LogP contribution >= 0.6 is 0 Å². The van der Waals surface area contributed by atoms with Crippen LogP contribution in [0.5, 0.6) is 5.75 Å². The Bertz CT molecular complexity index is 437. The van der Waals surface area contributed by atoms with Crippen LogP contribution in [0.2, 0.25) is 0 Å². The first-order valence-electron chi connectivity index (χ1n) is 4.19. The van der Waals surface area contributed by atoms with Gasteiger partial charge in [-0.2, -0.15) is 5.26 Å². The van der Waals surface area contributed by atoms with Crippen LogP contribution in [0, 0.1) is 17.1 Å². The molecule has 1 aromatic carbocycles. The molecular weight excluding hydrogens is 201 g/mol. The molecule has 0 aliphatic rings. The number of esters is 1. The molecular formula is C10H8FNO3. The zero-order valence-corrected chi connectivity index (χ0v) is 7.95. The zero-order valence-electron chi connectivity index (χ0n) is 7.95. The fourth-order valence-corrected chi connectivity index (χ4v) is 1.02. The van der Waals surface area contributed by atoms with E-state index in [0.717, 1.165) is 12.1 Å². The van der Waals surface area contributed by atoms with Gasteiger partial charge in [0.05, 0.1) is 17.7 Å². The van der Waals surface area contributed by atoms with Gasteiger partial charge in [0.25, 0.3) is 0 Å². The highest BCUT2D eigenvalue weighted by atomic mass is 19.1. The van der Waals surface area contributed by atoms with Crippen molar-refractivity contribution in [2.75, 3.05) is 6.61 Å². The number of ether oxygens (including phenoxy) is 1. The lowest BCUT2D eigenvalue weighted by Crippen LogP contribution is -2.07. The Kier molecular flexibility index (Phi) is 3.24. The van der Waals surface area contributed by atoms with Crippen molar-refractivity contribution in [1.82, 2.24) is 0 Å². The molecule has 1 rings (SSSR count). The number of hydrogen-bond donors (Lipinski definition) is 1. The van der Waals surface area contributed by atoms with Crippen LogP contribution in [0.15, 0.2) is 12.1 Å². The minimum Gasteiger partial charge on any atom is -0.507 e. The van der Waals surface area contributed by atoms with Crippen LogP contribution in [-0.4, -0.2) is 17.7 Å². The molecule has 0 radical (unpaired) electrons. The molecule has 5 heteroatoms. The molecule has 0 aromatic heterocycles. The van der Waals surface area contributed by atoms with E-state index < -0.39 is 17.5 Å². The van der Waals surface area contributed by atoms with Crippen LogP contribution in [0.25, 0.3) is 0 Å². The number of nitrogens with zero attached hydrogens (tertiary/aromatic N) is 1. The molecule has 0 fully saturated rings. The predicted molar refractivity (Wildman–Crippen MR) is 48.7 cm³/mol. The first kappa shape index (κ1) is 11.0. The molecule has 0 amide bonds. The number of hydrogen-bond acceptors (Lipinski definition) is 4. The van der Waals surface area contributed by atoms with E-state index >= 15 is 0 Å². The number of phenolic OH excluding ortho intramolecular Hbond substituents is 1. The van der Waals surface area contributed by atoms with Gasteiger partial charge in [-0.1, -0.05) is 0 Å². The van der Waals surface area contributed by atoms with Gasteiger partial charge >= 0.3 is 5.97 Å². The lowest BCUT2D eigenvalue weighted by atomic mass is 10.1. The van der Waals surface area contributed by atoms with Gasteiger partial charge in [0.2, 0.25) is 0 Å². The van der Waals surface area contributed by atoms with Crippen molar-refractivity contribution in [3.05, 3.63) is 29.1 Å². The van der Waals surface area contributed by atoms with Gasteiger partial charge in [-0.25, -0.2) is 9.18 Å². The van der Waals surface area contributed by atoms with E-state index in [2.05, 4.69) is 4.74 Å². The topological polar surface area (TPSA) is 70.3 Å². The van der Waals surface area contributed by atoms with Crippen molar-refractivity contribution in [2.45, 2.75) is 6.92 Å². The van der Waals surface area contributed by atoms with E-state index in [-0.39, 0.29) is 17.7 Å². The first-order chi connectivity index (χ1) is 7.10. The maximum absolute atomic E-state index is 13.2. The molecule has 15 heavy (non-hydrogen) atoms. The summed E-state index contributed by atoms with van der Waals surface area (Å²) in [5, 5.41) is 17.7. The number of aromatic hydroxyl groups is 1. The molecule has 0 heterocycles. The normalized spacial score (nSPS) is 9.40. The number of phenols is 1. The van der Waals surface area contributed by atoms with E-state index in [4.69, 9.17) is 5.26 Å². The Hall–Kier alpha value is -2.09. The number of halogens is 1. The number of rotatable bonds is 2. The van der Waals surface area contributed by atoms with E-state index in [9.17, 15) is 14.3 Å². The maximum atomic E-state index is 13.2. The highest BCUT2D eigenvalue weighted by molar-refractivity contribution is 5.90. The lowest BCUT2D eigenvalue weighted by Gasteiger charge is -2.04. The molecule has 0 atom stereocenters. The van der Waals surface area contributed by atoms with Crippen LogP contribution < -0.4 is 0 Å². The summed E-state index contributed by atoms with van der Waals surface area (Å²) in [4.78, 5) is 11.2. The smallest absolute Gasteiger partial charge is 0.341 e. The fraction of sp³-hybridized carbons (Fsp3) is 0.200. The predicted octanol–water partition coefficient (Wildman–Crippen LogP) is 1.58. The minimum atomic E-state index is -0.886. The summed E-state index contributed by atoms with van der Waals surface area (Å²) in [6, 6.07) is 3.27. The molecule has 4 nitrogen and oxygen atoms in total. The zero-order chi connectivity index (χ0) is 11.4. The van der Waals surface area contributed by atoms with Crippen LogP contribution in [0.3, 0.4) is 0 Å². The maximum Gasteiger partial charge on any atom is 0.341 e. The van der Waals surface area contributed by atoms with E-state index in [0.29, 0.717) is 0 Å². The highest BCUT2D eigenvalue weighted by Crippen LogP contribution is 2.21. The number of carbonyl (C=O) groups is 1. The standard InChI is InChI=1S/C10H8FNO3/c1-2-15-10(14)7-4-9(13)6(5-12)3-8(7)11/h3-4,13H,2H2,1H3. The number of carbonyl (C=O) groups excluding carboxylic acids is 1. The Balaban J connectivity index is 3.17. The summed E-state index contributed by atoms with van der Waals surface area (Å²) in [5.74, 6) is -2.19. The van der Waals surface area contributed by atoms with Crippen molar-refractivity contribution >= 4 is 5.97 Å². The average molecular weight is 209 g/mol. The Morgan fingerprint density at radius 1 is 1.67 bits per heavy atom. The van der Waals surface area contributed by atoms with Crippen LogP contribution in [0.4, 0.5) is 4.39 Å². The molecule has 0 spiro atoms. The third kappa shape index (κ3) is 2.23. The average Bonchev–Trinajstić information content (AvgIpc) is 2.21. The molecule has 1 aromatic rings. The molecule has 78 valence electrons. The summed E-state index contributed by atoms with van der Waals surface area (Å²) >= 11 is 0. The molecule has 0 saturated heterocycles. The fourth-order valence-electron chi connectivity index (χ4n) is 1.02. The molecule has 1 N–H and O–H groups in total. The molecule has 0 aliphatic carbocycles. The second-order valence-corrected chi connectivity index (χ2v) is 2.68. The van der Waals surface area contributed by atoms with E-state index in [1.54, 1.807) is 13.0 Å². The molecule has 0 unspecified atom stereocenters. The van der Waals surface area contributed by atoms with Crippen LogP contribution in [0.1, 0.15) is 22.8 Å². The van der Waals surface area contributed by atoms with Crippen molar-refractivity contribution in [1.29, 1.82) is 5.26 Å². The monoisotopic (exact) mass is 209 g/mol. The van der Waals surface area contributed by atoms with Gasteiger partial charge < -0.3 is 9.84 Å². The van der Waals surface area contributed by atoms with Gasteiger partial charge in [-0.05, 0) is 19.1 Å². The van der Waals surface area contributed by atoms with Gasteiger partial charge in [0.15, 0.2) is 0 Å². The summed E-state index contributed by atoms with van der Waals surface area (Å²) in [7, 11) is 0. The second-order valence-electron chi connectivity index (χ2n) is 2.68. The number of nitriles is 1. The Labute approximate surface area is 85.5 Å². The second kappa shape index (κ2) is 4.42. The van der Waals surface area contributed by atoms with Crippen molar-refractivity contribution in [2.24, 2.45) is 0 Å². The van der Waals surface area contributed by atoms with Gasteiger partial charge in [-0.3, -0.25) is 0 Å². The van der Waals surface area contributed by atoms with E-state index in [1.807, 2.05) is 0 Å². The Morgan fingerprint density at radius 3 is 2.87 bits per heavy atom. The summed E-state index contributed by atoms with van der Waals surface area (Å²) in [6.07, 6.45) is 0. The van der Waals surface area contributed by atoms with Gasteiger partial charge in [0.1, 0.15) is 17.6 Å². The van der Waals surface area contributed by atoms with Gasteiger partial charge in [-0.15, -0.1) is 0 Å². The Morgan fingerprint density at radius 2 is 2.33 bits per heavy atom. The first-order valence-corrected chi connectivity index (χ1v) is 4.19. The third-order valence-electron chi connectivity index (χ3n) is 1.70. The minimum absolute atomic E-state index is 0.110. The van der Waals surface area contributed by atoms with Crippen molar-refractivity contribution in [3.63, 3.8) is 0 Å². The molecule has 0 bridgehead atoms. The van der Waals surface area contributed by atoms with Crippen LogP contribution in [-0.2, 0) is 4.74 Å². The molecule has 0 aliphatic heterocycles.